The van der Waals surface area contributed by atoms with Gasteiger partial charge in [-0.25, -0.2) is 0 Å². The first-order valence-corrected chi connectivity index (χ1v) is 12.4. The molecule has 0 unspecified atom stereocenters. The standard InChI is InChI=1S/C33H22O7/c34-21-15-7-13-19-25(21)32(39)30(37)23(17-9-3-1-4-10-17)27(19)29(36)28-20-14-8-16-22(35)26(20)33(40)31(38)24(28)18-11-5-2-6-12-18/h1-16,34-35,37-40H. The molecular weight excluding hydrogens is 508 g/mol. The fraction of sp³-hybridized carbons (Fsp3) is 0. The maximum Gasteiger partial charge on any atom is 0.195 e. The molecule has 0 spiro atoms. The van der Waals surface area contributed by atoms with E-state index in [0.29, 0.717) is 11.1 Å². The van der Waals surface area contributed by atoms with Crippen molar-refractivity contribution in [2.45, 2.75) is 0 Å². The molecule has 0 aromatic heterocycles. The van der Waals surface area contributed by atoms with Crippen LogP contribution in [0.4, 0.5) is 0 Å². The van der Waals surface area contributed by atoms with E-state index in [0.717, 1.165) is 0 Å². The maximum atomic E-state index is 14.9. The van der Waals surface area contributed by atoms with Crippen molar-refractivity contribution < 1.29 is 35.4 Å². The van der Waals surface area contributed by atoms with Gasteiger partial charge >= 0.3 is 0 Å². The molecule has 0 amide bonds. The zero-order valence-electron chi connectivity index (χ0n) is 20.8. The number of aromatic hydroxyl groups is 6. The average molecular weight is 531 g/mol. The third-order valence-electron chi connectivity index (χ3n) is 7.10. The lowest BCUT2D eigenvalue weighted by atomic mass is 9.83. The first-order chi connectivity index (χ1) is 19.3. The van der Waals surface area contributed by atoms with Gasteiger partial charge in [-0.3, -0.25) is 4.79 Å². The van der Waals surface area contributed by atoms with Crippen LogP contribution in [0.2, 0.25) is 0 Å². The van der Waals surface area contributed by atoms with Gasteiger partial charge in [-0.1, -0.05) is 84.9 Å². The van der Waals surface area contributed by atoms with Gasteiger partial charge in [-0.05, 0) is 23.3 Å². The van der Waals surface area contributed by atoms with Crippen LogP contribution in [0.15, 0.2) is 97.1 Å². The van der Waals surface area contributed by atoms with Crippen LogP contribution in [0.5, 0.6) is 34.5 Å². The summed E-state index contributed by atoms with van der Waals surface area (Å²) < 4.78 is 0. The van der Waals surface area contributed by atoms with E-state index in [1.54, 1.807) is 60.7 Å². The monoisotopic (exact) mass is 530 g/mol. The zero-order chi connectivity index (χ0) is 28.1. The second-order valence-corrected chi connectivity index (χ2v) is 9.36. The van der Waals surface area contributed by atoms with Gasteiger partial charge in [0.2, 0.25) is 0 Å². The van der Waals surface area contributed by atoms with Crippen molar-refractivity contribution in [3.8, 4) is 56.8 Å². The number of phenols is 6. The van der Waals surface area contributed by atoms with E-state index in [9.17, 15) is 35.4 Å². The molecule has 0 aliphatic carbocycles. The molecule has 0 saturated carbocycles. The summed E-state index contributed by atoms with van der Waals surface area (Å²) in [6.45, 7) is 0. The number of phenolic OH excluding ortho intramolecular Hbond substituents is 6. The van der Waals surface area contributed by atoms with E-state index in [1.807, 2.05) is 0 Å². The van der Waals surface area contributed by atoms with Gasteiger partial charge in [0.25, 0.3) is 0 Å². The zero-order valence-corrected chi connectivity index (χ0v) is 20.8. The molecular formula is C33H22O7. The SMILES string of the molecule is O=C(c1c(-c2ccccc2)c(O)c(O)c2c(O)cccc12)c1c(-c2ccccc2)c(O)c(O)c2c(O)cccc12. The minimum atomic E-state index is -0.686. The van der Waals surface area contributed by atoms with Gasteiger partial charge in [0, 0.05) is 33.0 Å². The Balaban J connectivity index is 1.83. The van der Waals surface area contributed by atoms with Crippen molar-refractivity contribution in [3.05, 3.63) is 108 Å². The fourth-order valence-corrected chi connectivity index (χ4v) is 5.34. The molecule has 0 bridgehead atoms. The van der Waals surface area contributed by atoms with Crippen LogP contribution in [0, 0.1) is 0 Å². The number of carbonyl (C=O) groups is 1. The van der Waals surface area contributed by atoms with Gasteiger partial charge in [0.15, 0.2) is 28.8 Å². The molecule has 6 N–H and O–H groups in total. The Hall–Kier alpha value is -5.69. The molecule has 0 heterocycles. The molecule has 0 atom stereocenters. The minimum absolute atomic E-state index is 0.0149. The summed E-state index contributed by atoms with van der Waals surface area (Å²) in [5.41, 5.74) is 0.751. The predicted molar refractivity (Wildman–Crippen MR) is 152 cm³/mol. The Morgan fingerprint density at radius 2 is 0.800 bits per heavy atom. The number of hydrogen-bond acceptors (Lipinski definition) is 7. The number of carbonyl (C=O) groups excluding carboxylic acids is 1. The second-order valence-electron chi connectivity index (χ2n) is 9.36. The number of rotatable bonds is 4. The summed E-state index contributed by atoms with van der Waals surface area (Å²) in [6.07, 6.45) is 0. The van der Waals surface area contributed by atoms with Crippen molar-refractivity contribution in [1.29, 1.82) is 0 Å². The van der Waals surface area contributed by atoms with Crippen molar-refractivity contribution in [3.63, 3.8) is 0 Å². The Morgan fingerprint density at radius 3 is 1.18 bits per heavy atom. The summed E-state index contributed by atoms with van der Waals surface area (Å²) in [4.78, 5) is 14.9. The molecule has 0 aliphatic heterocycles. The number of benzene rings is 6. The van der Waals surface area contributed by atoms with Crippen LogP contribution in [-0.4, -0.2) is 36.4 Å². The lowest BCUT2D eigenvalue weighted by Crippen LogP contribution is -2.09. The van der Waals surface area contributed by atoms with Gasteiger partial charge in [0.05, 0.1) is 10.8 Å². The molecule has 0 fully saturated rings. The lowest BCUT2D eigenvalue weighted by molar-refractivity contribution is 0.104. The molecule has 0 saturated heterocycles. The van der Waals surface area contributed by atoms with E-state index in [-0.39, 0.29) is 55.3 Å². The van der Waals surface area contributed by atoms with E-state index in [2.05, 4.69) is 0 Å². The Kier molecular flexibility index (Phi) is 5.70. The van der Waals surface area contributed by atoms with Crippen molar-refractivity contribution in [1.82, 2.24) is 0 Å². The van der Waals surface area contributed by atoms with E-state index in [1.165, 1.54) is 36.4 Å². The first kappa shape index (κ1) is 24.6. The van der Waals surface area contributed by atoms with Crippen LogP contribution < -0.4 is 0 Å². The number of ketones is 1. The third-order valence-corrected chi connectivity index (χ3v) is 7.10. The van der Waals surface area contributed by atoms with Crippen molar-refractivity contribution in [2.75, 3.05) is 0 Å². The lowest BCUT2D eigenvalue weighted by Gasteiger charge is -2.21. The summed E-state index contributed by atoms with van der Waals surface area (Å²) in [6, 6.07) is 25.8. The molecule has 196 valence electrons. The highest BCUT2D eigenvalue weighted by atomic mass is 16.3. The van der Waals surface area contributed by atoms with Gasteiger partial charge in [-0.2, -0.15) is 0 Å². The topological polar surface area (TPSA) is 138 Å². The van der Waals surface area contributed by atoms with E-state index < -0.39 is 28.8 Å². The fourth-order valence-electron chi connectivity index (χ4n) is 5.34. The quantitative estimate of drug-likeness (QED) is 0.109. The molecule has 6 rings (SSSR count). The minimum Gasteiger partial charge on any atom is -0.507 e. The highest BCUT2D eigenvalue weighted by molar-refractivity contribution is 6.30. The predicted octanol–water partition coefficient (Wildman–Crippen LogP) is 6.79. The molecule has 7 heteroatoms. The van der Waals surface area contributed by atoms with Gasteiger partial charge in [0.1, 0.15) is 11.5 Å². The summed E-state index contributed by atoms with van der Waals surface area (Å²) in [5.74, 6) is -3.79. The summed E-state index contributed by atoms with van der Waals surface area (Å²) in [5, 5.41) is 65.8. The average Bonchev–Trinajstić information content (AvgIpc) is 2.97. The second kappa shape index (κ2) is 9.25. The van der Waals surface area contributed by atoms with Crippen LogP contribution in [0.3, 0.4) is 0 Å². The summed E-state index contributed by atoms with van der Waals surface area (Å²) in [7, 11) is 0. The Morgan fingerprint density at radius 1 is 0.425 bits per heavy atom. The molecule has 0 aliphatic rings. The van der Waals surface area contributed by atoms with Crippen molar-refractivity contribution in [2.24, 2.45) is 0 Å². The van der Waals surface area contributed by atoms with Gasteiger partial charge < -0.3 is 30.6 Å². The largest absolute Gasteiger partial charge is 0.507 e. The molecule has 7 nitrogen and oxygen atoms in total. The smallest absolute Gasteiger partial charge is 0.195 e. The molecule has 0 radical (unpaired) electrons. The van der Waals surface area contributed by atoms with Crippen LogP contribution >= 0.6 is 0 Å². The molecule has 6 aromatic carbocycles. The first-order valence-electron chi connectivity index (χ1n) is 12.4. The number of fused-ring (bicyclic) bond motifs is 2. The highest BCUT2D eigenvalue weighted by Crippen LogP contribution is 2.52. The summed E-state index contributed by atoms with van der Waals surface area (Å²) >= 11 is 0. The van der Waals surface area contributed by atoms with Crippen LogP contribution in [0.25, 0.3) is 43.8 Å². The Bertz CT molecular complexity index is 1820. The normalized spacial score (nSPS) is 11.2. The van der Waals surface area contributed by atoms with Crippen molar-refractivity contribution >= 4 is 27.3 Å². The van der Waals surface area contributed by atoms with Crippen LogP contribution in [0.1, 0.15) is 15.9 Å². The van der Waals surface area contributed by atoms with Gasteiger partial charge in [-0.15, -0.1) is 0 Å². The molecule has 40 heavy (non-hydrogen) atoms. The Labute approximate surface area is 227 Å². The third kappa shape index (κ3) is 3.56. The van der Waals surface area contributed by atoms with E-state index in [4.69, 9.17) is 0 Å². The number of hydrogen-bond donors (Lipinski definition) is 6. The highest BCUT2D eigenvalue weighted by Gasteiger charge is 2.32. The molecule has 6 aromatic rings. The maximum absolute atomic E-state index is 14.9. The van der Waals surface area contributed by atoms with E-state index >= 15 is 0 Å². The van der Waals surface area contributed by atoms with Crippen LogP contribution in [-0.2, 0) is 0 Å².